The van der Waals surface area contributed by atoms with E-state index in [4.69, 9.17) is 4.84 Å². The number of benzene rings is 1. The van der Waals surface area contributed by atoms with Crippen molar-refractivity contribution in [2.24, 2.45) is 0 Å². The lowest BCUT2D eigenvalue weighted by molar-refractivity contribution is 0.0267. The molecule has 2 nitrogen and oxygen atoms in total. The van der Waals surface area contributed by atoms with Gasteiger partial charge in [-0.15, -0.1) is 0 Å². The minimum absolute atomic E-state index is 0.304. The summed E-state index contributed by atoms with van der Waals surface area (Å²) in [5, 5.41) is 0. The molecule has 0 spiro atoms. The Morgan fingerprint density at radius 3 is 2.69 bits per heavy atom. The largest absolute Gasteiger partial charge is 0.297 e. The van der Waals surface area contributed by atoms with E-state index >= 15 is 0 Å². The highest BCUT2D eigenvalue weighted by molar-refractivity contribution is 5.13. The molecule has 1 rings (SSSR count). The fourth-order valence-electron chi connectivity index (χ4n) is 0.920. The molecule has 1 aromatic rings. The summed E-state index contributed by atoms with van der Waals surface area (Å²) in [4.78, 5) is 5.11. The highest BCUT2D eigenvalue weighted by atomic mass is 19.1. The van der Waals surface area contributed by atoms with E-state index in [1.807, 2.05) is 30.3 Å². The van der Waals surface area contributed by atoms with Crippen LogP contribution in [0.15, 0.2) is 30.3 Å². The van der Waals surface area contributed by atoms with Crippen molar-refractivity contribution in [3.05, 3.63) is 35.9 Å². The van der Waals surface area contributed by atoms with Crippen LogP contribution in [-0.2, 0) is 11.4 Å². The lowest BCUT2D eigenvalue weighted by Gasteiger charge is -2.03. The first-order valence-corrected chi connectivity index (χ1v) is 4.38. The van der Waals surface area contributed by atoms with Gasteiger partial charge in [0.15, 0.2) is 0 Å². The van der Waals surface area contributed by atoms with Crippen molar-refractivity contribution in [2.75, 3.05) is 13.2 Å². The Labute approximate surface area is 77.7 Å². The lowest BCUT2D eigenvalue weighted by Crippen LogP contribution is -2.16. The molecule has 0 atom stereocenters. The number of rotatable bonds is 6. The zero-order valence-corrected chi connectivity index (χ0v) is 7.50. The molecule has 0 unspecified atom stereocenters. The molecule has 0 aliphatic rings. The van der Waals surface area contributed by atoms with Gasteiger partial charge in [0, 0.05) is 6.54 Å². The maximum absolute atomic E-state index is 11.6. The molecule has 3 heteroatoms. The van der Waals surface area contributed by atoms with Crippen LogP contribution in [0.4, 0.5) is 4.39 Å². The predicted molar refractivity (Wildman–Crippen MR) is 49.8 cm³/mol. The van der Waals surface area contributed by atoms with E-state index in [0.29, 0.717) is 19.6 Å². The molecule has 72 valence electrons. The molecule has 1 N–H and O–H groups in total. The van der Waals surface area contributed by atoms with E-state index < -0.39 is 0 Å². The maximum atomic E-state index is 11.6. The Bertz CT molecular complexity index is 215. The molecule has 0 aliphatic carbocycles. The average molecular weight is 183 g/mol. The molecule has 0 fully saturated rings. The van der Waals surface area contributed by atoms with Gasteiger partial charge in [0.25, 0.3) is 0 Å². The minimum Gasteiger partial charge on any atom is -0.297 e. The van der Waals surface area contributed by atoms with Crippen LogP contribution in [0.25, 0.3) is 0 Å². The molecule has 13 heavy (non-hydrogen) atoms. The molecular formula is C10H14FNO. The predicted octanol–water partition coefficient (Wildman–Crippen LogP) is 2.07. The molecule has 0 amide bonds. The van der Waals surface area contributed by atoms with Crippen molar-refractivity contribution >= 4 is 0 Å². The van der Waals surface area contributed by atoms with E-state index in [1.54, 1.807) is 0 Å². The molecule has 0 aliphatic heterocycles. The van der Waals surface area contributed by atoms with Crippen LogP contribution >= 0.6 is 0 Å². The Kier molecular flexibility index (Phi) is 5.13. The van der Waals surface area contributed by atoms with Gasteiger partial charge in [-0.05, 0) is 12.0 Å². The van der Waals surface area contributed by atoms with Crippen LogP contribution < -0.4 is 5.48 Å². The molecule has 1 aromatic carbocycles. The van der Waals surface area contributed by atoms with Gasteiger partial charge in [0.05, 0.1) is 13.3 Å². The summed E-state index contributed by atoms with van der Waals surface area (Å²) >= 11 is 0. The first-order valence-electron chi connectivity index (χ1n) is 4.38. The van der Waals surface area contributed by atoms with Crippen LogP contribution in [-0.4, -0.2) is 13.2 Å². The van der Waals surface area contributed by atoms with Crippen LogP contribution in [0.1, 0.15) is 12.0 Å². The van der Waals surface area contributed by atoms with Crippen molar-refractivity contribution < 1.29 is 9.23 Å². The van der Waals surface area contributed by atoms with E-state index in [2.05, 4.69) is 5.48 Å². The molecule has 0 bridgehead atoms. The van der Waals surface area contributed by atoms with E-state index in [9.17, 15) is 4.39 Å². The summed E-state index contributed by atoms with van der Waals surface area (Å²) in [7, 11) is 0. The average Bonchev–Trinajstić information content (AvgIpc) is 2.19. The summed E-state index contributed by atoms with van der Waals surface area (Å²) in [6, 6.07) is 9.84. The Morgan fingerprint density at radius 1 is 1.23 bits per heavy atom. The highest BCUT2D eigenvalue weighted by Crippen LogP contribution is 1.98. The van der Waals surface area contributed by atoms with Gasteiger partial charge in [-0.25, -0.2) is 5.48 Å². The van der Waals surface area contributed by atoms with Gasteiger partial charge in [-0.3, -0.25) is 9.23 Å². The summed E-state index contributed by atoms with van der Waals surface area (Å²) in [6.07, 6.45) is 0.495. The Hall–Kier alpha value is -0.930. The number of halogens is 1. The zero-order valence-electron chi connectivity index (χ0n) is 7.50. The van der Waals surface area contributed by atoms with Crippen molar-refractivity contribution in [1.29, 1.82) is 0 Å². The summed E-state index contributed by atoms with van der Waals surface area (Å²) < 4.78 is 11.6. The summed E-state index contributed by atoms with van der Waals surface area (Å²) in [5.41, 5.74) is 3.80. The smallest absolute Gasteiger partial charge is 0.0933 e. The standard InChI is InChI=1S/C10H14FNO/c11-7-4-8-12-13-9-10-5-2-1-3-6-10/h1-3,5-6,12H,4,7-9H2. The first-order chi connectivity index (χ1) is 6.43. The monoisotopic (exact) mass is 183 g/mol. The normalized spacial score (nSPS) is 10.2. The Balaban J connectivity index is 2.07. The SMILES string of the molecule is FCCCNOCc1ccccc1. The number of hydrogen-bond donors (Lipinski definition) is 1. The third-order valence-electron chi connectivity index (χ3n) is 1.60. The summed E-state index contributed by atoms with van der Waals surface area (Å²) in [6.45, 7) is 0.776. The highest BCUT2D eigenvalue weighted by Gasteiger charge is 1.90. The van der Waals surface area contributed by atoms with E-state index in [1.165, 1.54) is 0 Å². The topological polar surface area (TPSA) is 21.3 Å². The maximum Gasteiger partial charge on any atom is 0.0933 e. The molecule has 0 saturated heterocycles. The Morgan fingerprint density at radius 2 is 2.00 bits per heavy atom. The van der Waals surface area contributed by atoms with Crippen LogP contribution in [0, 0.1) is 0 Å². The number of hydrogen-bond acceptors (Lipinski definition) is 2. The van der Waals surface area contributed by atoms with Crippen molar-refractivity contribution in [1.82, 2.24) is 5.48 Å². The van der Waals surface area contributed by atoms with Crippen molar-refractivity contribution in [2.45, 2.75) is 13.0 Å². The molecule has 0 heterocycles. The van der Waals surface area contributed by atoms with Crippen molar-refractivity contribution in [3.8, 4) is 0 Å². The van der Waals surface area contributed by atoms with Gasteiger partial charge in [-0.1, -0.05) is 30.3 Å². The molecule has 0 saturated carbocycles. The molecule has 0 aromatic heterocycles. The second kappa shape index (κ2) is 6.57. The zero-order chi connectivity index (χ0) is 9.36. The first kappa shape index (κ1) is 10.2. The van der Waals surface area contributed by atoms with Crippen LogP contribution in [0.3, 0.4) is 0 Å². The second-order valence-electron chi connectivity index (χ2n) is 2.71. The van der Waals surface area contributed by atoms with Gasteiger partial charge in [0.1, 0.15) is 0 Å². The van der Waals surface area contributed by atoms with Gasteiger partial charge in [0.2, 0.25) is 0 Å². The molecule has 0 radical (unpaired) electrons. The van der Waals surface area contributed by atoms with E-state index in [0.717, 1.165) is 5.56 Å². The number of alkyl halides is 1. The van der Waals surface area contributed by atoms with Crippen LogP contribution in [0.5, 0.6) is 0 Å². The number of nitrogens with one attached hydrogen (secondary N) is 1. The molecular weight excluding hydrogens is 169 g/mol. The minimum atomic E-state index is -0.304. The van der Waals surface area contributed by atoms with Crippen molar-refractivity contribution in [3.63, 3.8) is 0 Å². The third kappa shape index (κ3) is 4.60. The van der Waals surface area contributed by atoms with E-state index in [-0.39, 0.29) is 6.67 Å². The number of hydroxylamine groups is 1. The van der Waals surface area contributed by atoms with Gasteiger partial charge < -0.3 is 0 Å². The van der Waals surface area contributed by atoms with Gasteiger partial charge in [-0.2, -0.15) is 0 Å². The fourth-order valence-corrected chi connectivity index (χ4v) is 0.920. The second-order valence-corrected chi connectivity index (χ2v) is 2.71. The van der Waals surface area contributed by atoms with Crippen LogP contribution in [0.2, 0.25) is 0 Å². The fraction of sp³-hybridized carbons (Fsp3) is 0.400. The lowest BCUT2D eigenvalue weighted by atomic mass is 10.2. The summed E-state index contributed by atoms with van der Waals surface area (Å²) in [5.74, 6) is 0. The quantitative estimate of drug-likeness (QED) is 0.538. The third-order valence-corrected chi connectivity index (χ3v) is 1.60. The van der Waals surface area contributed by atoms with Gasteiger partial charge >= 0.3 is 0 Å².